The first-order valence-electron chi connectivity index (χ1n) is 9.23. The van der Waals surface area contributed by atoms with E-state index in [1.807, 2.05) is 13.8 Å². The molecule has 0 aliphatic heterocycles. The number of unbranched alkanes of at least 4 members (excludes halogenated alkanes) is 1. The zero-order valence-corrected chi connectivity index (χ0v) is 16.4. The minimum atomic E-state index is 0.924. The van der Waals surface area contributed by atoms with Gasteiger partial charge in [0.05, 0.1) is 0 Å². The summed E-state index contributed by atoms with van der Waals surface area (Å²) in [7, 11) is 0. The monoisotopic (exact) mass is 321 g/mol. The van der Waals surface area contributed by atoms with Crippen LogP contribution in [0.1, 0.15) is 72.3 Å². The highest BCUT2D eigenvalue weighted by Crippen LogP contribution is 2.14. The summed E-state index contributed by atoms with van der Waals surface area (Å²) in [5, 5.41) is 3.32. The number of rotatable bonds is 9. The Morgan fingerprint density at radius 2 is 1.65 bits per heavy atom. The van der Waals surface area contributed by atoms with Gasteiger partial charge in [0.15, 0.2) is 0 Å². The number of hydrogen-bond donors (Lipinski definition) is 1. The largest absolute Gasteiger partial charge is 0.381 e. The van der Waals surface area contributed by atoms with Gasteiger partial charge in [-0.25, -0.2) is 0 Å². The van der Waals surface area contributed by atoms with Crippen LogP contribution >= 0.6 is 0 Å². The van der Waals surface area contributed by atoms with Crippen LogP contribution in [0.5, 0.6) is 0 Å². The fourth-order valence-electron chi connectivity index (χ4n) is 1.77. The highest BCUT2D eigenvalue weighted by atomic mass is 16.5. The maximum absolute atomic E-state index is 5.13. The first-order chi connectivity index (χ1) is 11.1. The van der Waals surface area contributed by atoms with E-state index in [-0.39, 0.29) is 0 Å². The van der Waals surface area contributed by atoms with Crippen LogP contribution in [-0.4, -0.2) is 13.2 Å². The lowest BCUT2D eigenvalue weighted by Crippen LogP contribution is -1.97. The maximum atomic E-state index is 5.13. The van der Waals surface area contributed by atoms with E-state index in [1.54, 1.807) is 0 Å². The second kappa shape index (κ2) is 18.8. The molecule has 0 saturated heterocycles. The third kappa shape index (κ3) is 16.9. The summed E-state index contributed by atoms with van der Waals surface area (Å²) in [6.45, 7) is 18.4. The van der Waals surface area contributed by atoms with Gasteiger partial charge in [-0.1, -0.05) is 59.8 Å². The number of hydrogen-bond acceptors (Lipinski definition) is 2. The van der Waals surface area contributed by atoms with E-state index in [2.05, 4.69) is 63.9 Å². The first kappa shape index (κ1) is 24.0. The molecule has 0 fully saturated rings. The Hall–Kier alpha value is -1.28. The lowest BCUT2D eigenvalue weighted by Gasteiger charge is -2.09. The van der Waals surface area contributed by atoms with Gasteiger partial charge < -0.3 is 10.1 Å². The molecule has 0 amide bonds. The van der Waals surface area contributed by atoms with E-state index in [0.717, 1.165) is 43.9 Å². The minimum absolute atomic E-state index is 0.924. The van der Waals surface area contributed by atoms with Crippen molar-refractivity contribution in [3.63, 3.8) is 0 Å². The van der Waals surface area contributed by atoms with E-state index in [1.165, 1.54) is 18.4 Å². The fourth-order valence-corrected chi connectivity index (χ4v) is 1.77. The smallest absolute Gasteiger partial charge is 0.0463 e. The third-order valence-electron chi connectivity index (χ3n) is 2.87. The Bertz CT molecular complexity index is 370. The van der Waals surface area contributed by atoms with Crippen molar-refractivity contribution < 1.29 is 4.74 Å². The molecular formula is C21H39NO. The van der Waals surface area contributed by atoms with E-state index in [4.69, 9.17) is 4.74 Å². The van der Waals surface area contributed by atoms with Crippen molar-refractivity contribution in [2.24, 2.45) is 0 Å². The lowest BCUT2D eigenvalue weighted by atomic mass is 10.2. The molecule has 0 heterocycles. The highest BCUT2D eigenvalue weighted by Gasteiger charge is 1.95. The molecule has 2 heteroatoms. The topological polar surface area (TPSA) is 21.3 Å². The summed E-state index contributed by atoms with van der Waals surface area (Å²) >= 11 is 0. The van der Waals surface area contributed by atoms with E-state index >= 15 is 0 Å². The summed E-state index contributed by atoms with van der Waals surface area (Å²) in [5.41, 5.74) is 3.53. The molecule has 0 aromatic heterocycles. The summed E-state index contributed by atoms with van der Waals surface area (Å²) in [5.74, 6) is 0. The van der Waals surface area contributed by atoms with Gasteiger partial charge in [-0.15, -0.1) is 0 Å². The summed E-state index contributed by atoms with van der Waals surface area (Å²) in [6, 6.07) is 8.37. The van der Waals surface area contributed by atoms with Gasteiger partial charge in [0, 0.05) is 24.6 Å². The van der Waals surface area contributed by atoms with Crippen molar-refractivity contribution in [2.75, 3.05) is 18.5 Å². The molecule has 0 aliphatic carbocycles. The minimum Gasteiger partial charge on any atom is -0.381 e. The molecule has 1 aromatic carbocycles. The van der Waals surface area contributed by atoms with E-state index in [0.29, 0.717) is 0 Å². The SMILES string of the molecule is C=C(CCCC)Nc1cccc(C)c1.CC.CCCOCCC. The van der Waals surface area contributed by atoms with E-state index in [9.17, 15) is 0 Å². The van der Waals surface area contributed by atoms with E-state index < -0.39 is 0 Å². The summed E-state index contributed by atoms with van der Waals surface area (Å²) in [4.78, 5) is 0. The van der Waals surface area contributed by atoms with Gasteiger partial charge in [0.25, 0.3) is 0 Å². The molecule has 0 saturated carbocycles. The van der Waals surface area contributed by atoms with Gasteiger partial charge >= 0.3 is 0 Å². The Labute approximate surface area is 145 Å². The first-order valence-corrected chi connectivity index (χ1v) is 9.23. The van der Waals surface area contributed by atoms with Gasteiger partial charge in [0.2, 0.25) is 0 Å². The van der Waals surface area contributed by atoms with Crippen molar-refractivity contribution in [1.82, 2.24) is 0 Å². The molecule has 0 spiro atoms. The molecule has 23 heavy (non-hydrogen) atoms. The summed E-state index contributed by atoms with van der Waals surface area (Å²) < 4.78 is 5.13. The van der Waals surface area contributed by atoms with Gasteiger partial charge in [-0.2, -0.15) is 0 Å². The molecule has 134 valence electrons. The van der Waals surface area contributed by atoms with Gasteiger partial charge in [-0.3, -0.25) is 0 Å². The predicted molar refractivity (Wildman–Crippen MR) is 106 cm³/mol. The van der Waals surface area contributed by atoms with Crippen LogP contribution in [0.15, 0.2) is 36.5 Å². The second-order valence-corrected chi connectivity index (χ2v) is 5.31. The van der Waals surface area contributed by atoms with Crippen LogP contribution in [0, 0.1) is 6.92 Å². The third-order valence-corrected chi connectivity index (χ3v) is 2.87. The van der Waals surface area contributed by atoms with Crippen molar-refractivity contribution in [1.29, 1.82) is 0 Å². The summed E-state index contributed by atoms with van der Waals surface area (Å²) in [6.07, 6.45) is 5.76. The van der Waals surface area contributed by atoms with Crippen LogP contribution in [0.25, 0.3) is 0 Å². The van der Waals surface area contributed by atoms with Crippen LogP contribution in [0.4, 0.5) is 5.69 Å². The van der Waals surface area contributed by atoms with Crippen LogP contribution in [-0.2, 0) is 4.74 Å². The maximum Gasteiger partial charge on any atom is 0.0463 e. The normalized spacial score (nSPS) is 9.13. The zero-order chi connectivity index (χ0) is 17.9. The molecule has 0 bridgehead atoms. The number of benzene rings is 1. The Balaban J connectivity index is 0. The van der Waals surface area contributed by atoms with Gasteiger partial charge in [0.1, 0.15) is 0 Å². The second-order valence-electron chi connectivity index (χ2n) is 5.31. The Kier molecular flexibility index (Phi) is 19.6. The molecule has 0 radical (unpaired) electrons. The average molecular weight is 322 g/mol. The standard InChI is InChI=1S/C13H19N.C6H14O.C2H6/c1-4-5-8-12(3)14-13-9-6-7-11(2)10-13;1-3-5-7-6-4-2;1-2/h6-7,9-10,14H,3-5,8H2,1-2H3;3-6H2,1-2H3;1-2H3. The number of ether oxygens (including phenoxy) is 1. The predicted octanol–water partition coefficient (Wildman–Crippen LogP) is 6.96. The average Bonchev–Trinajstić information content (AvgIpc) is 2.56. The molecule has 2 nitrogen and oxygen atoms in total. The molecule has 1 N–H and O–H groups in total. The molecule has 1 rings (SSSR count). The number of aryl methyl sites for hydroxylation is 1. The van der Waals surface area contributed by atoms with Crippen LogP contribution < -0.4 is 5.32 Å². The lowest BCUT2D eigenvalue weighted by molar-refractivity contribution is 0.135. The highest BCUT2D eigenvalue weighted by molar-refractivity contribution is 5.49. The van der Waals surface area contributed by atoms with Crippen molar-refractivity contribution in [2.45, 2.75) is 73.6 Å². The molecule has 1 aromatic rings. The molecule has 0 unspecified atom stereocenters. The molecule has 0 aliphatic rings. The van der Waals surface area contributed by atoms with Gasteiger partial charge in [-0.05, 0) is 50.3 Å². The number of anilines is 1. The molecule has 0 atom stereocenters. The fraction of sp³-hybridized carbons (Fsp3) is 0.619. The van der Waals surface area contributed by atoms with Crippen LogP contribution in [0.2, 0.25) is 0 Å². The molecular weight excluding hydrogens is 282 g/mol. The zero-order valence-electron chi connectivity index (χ0n) is 16.4. The van der Waals surface area contributed by atoms with Crippen molar-refractivity contribution in [3.8, 4) is 0 Å². The van der Waals surface area contributed by atoms with Crippen molar-refractivity contribution in [3.05, 3.63) is 42.1 Å². The number of allylic oxidation sites excluding steroid dienone is 1. The number of nitrogens with one attached hydrogen (secondary N) is 1. The Morgan fingerprint density at radius 3 is 2.13 bits per heavy atom. The Morgan fingerprint density at radius 1 is 1.04 bits per heavy atom. The quantitative estimate of drug-likeness (QED) is 0.496. The van der Waals surface area contributed by atoms with Crippen LogP contribution in [0.3, 0.4) is 0 Å². The van der Waals surface area contributed by atoms with Crippen molar-refractivity contribution >= 4 is 5.69 Å².